The van der Waals surface area contributed by atoms with E-state index in [0.29, 0.717) is 23.9 Å². The topological polar surface area (TPSA) is 84.3 Å². The summed E-state index contributed by atoms with van der Waals surface area (Å²) in [6.07, 6.45) is 1.66. The second-order valence-electron chi connectivity index (χ2n) is 9.75. The number of piperidine rings is 1. The Morgan fingerprint density at radius 3 is 2.36 bits per heavy atom. The van der Waals surface area contributed by atoms with Crippen molar-refractivity contribution in [1.82, 2.24) is 9.80 Å². The molecule has 0 radical (unpaired) electrons. The molecular weight excluding hydrogens is 531 g/mol. The number of alkyl halides is 3. The van der Waals surface area contributed by atoms with E-state index in [9.17, 15) is 22.8 Å². The standard InChI is InChI=1S/C24H28F3N3S.C4H4O4/c25-24(26,27)18-9-10-23-21(16-18)30(20-7-1-2-8-22(20)31-23)13-5-11-28-14-15-29-12-4-3-6-19(29)17-28;5-3(6)1-2-4(7)8/h1-2,7-10,16,19H,3-6,11-15,17H2;1-2H,(H,5,6)(H,7,8)/b;2-1-. The van der Waals surface area contributed by atoms with E-state index in [1.807, 2.05) is 18.2 Å². The predicted molar refractivity (Wildman–Crippen MR) is 144 cm³/mol. The fourth-order valence-corrected chi connectivity index (χ4v) is 6.34. The van der Waals surface area contributed by atoms with Gasteiger partial charge in [0, 0.05) is 54.2 Å². The van der Waals surface area contributed by atoms with Gasteiger partial charge in [-0.1, -0.05) is 30.3 Å². The van der Waals surface area contributed by atoms with Crippen molar-refractivity contribution >= 4 is 35.1 Å². The minimum Gasteiger partial charge on any atom is -0.478 e. The van der Waals surface area contributed by atoms with E-state index in [1.54, 1.807) is 17.8 Å². The van der Waals surface area contributed by atoms with E-state index in [0.717, 1.165) is 54.6 Å². The van der Waals surface area contributed by atoms with Crippen LogP contribution in [0.25, 0.3) is 0 Å². The Morgan fingerprint density at radius 2 is 1.64 bits per heavy atom. The number of piperazine rings is 1. The molecule has 3 aliphatic rings. The summed E-state index contributed by atoms with van der Waals surface area (Å²) < 4.78 is 40.1. The molecule has 0 aromatic heterocycles. The number of rotatable bonds is 6. The van der Waals surface area contributed by atoms with Gasteiger partial charge >= 0.3 is 18.1 Å². The van der Waals surface area contributed by atoms with Crippen LogP contribution in [0, 0.1) is 0 Å². The largest absolute Gasteiger partial charge is 0.478 e. The lowest BCUT2D eigenvalue weighted by Crippen LogP contribution is -2.54. The molecule has 0 amide bonds. The number of halogens is 3. The Bertz CT molecular complexity index is 1190. The number of hydrogen-bond donors (Lipinski definition) is 2. The van der Waals surface area contributed by atoms with Crippen LogP contribution >= 0.6 is 11.8 Å². The van der Waals surface area contributed by atoms with Crippen LogP contribution in [0.1, 0.15) is 31.2 Å². The summed E-state index contributed by atoms with van der Waals surface area (Å²) in [7, 11) is 0. The number of carboxylic acid groups (broad SMARTS) is 2. The van der Waals surface area contributed by atoms with Gasteiger partial charge in [0.1, 0.15) is 0 Å². The van der Waals surface area contributed by atoms with Crippen LogP contribution in [-0.2, 0) is 15.8 Å². The lowest BCUT2D eigenvalue weighted by Gasteiger charge is -2.44. The first-order chi connectivity index (χ1) is 18.6. The van der Waals surface area contributed by atoms with Crippen LogP contribution in [0.15, 0.2) is 64.4 Å². The molecular formula is C28H32F3N3O4S. The first kappa shape index (κ1) is 29.0. The highest BCUT2D eigenvalue weighted by molar-refractivity contribution is 7.99. The number of fused-ring (bicyclic) bond motifs is 3. The van der Waals surface area contributed by atoms with E-state index in [4.69, 9.17) is 10.2 Å². The molecule has 7 nitrogen and oxygen atoms in total. The zero-order valence-electron chi connectivity index (χ0n) is 21.4. The van der Waals surface area contributed by atoms with E-state index in [2.05, 4.69) is 20.8 Å². The second-order valence-corrected chi connectivity index (χ2v) is 10.8. The van der Waals surface area contributed by atoms with Gasteiger partial charge < -0.3 is 20.0 Å². The summed E-state index contributed by atoms with van der Waals surface area (Å²) in [5, 5.41) is 15.6. The van der Waals surface area contributed by atoms with Gasteiger partial charge in [-0.25, -0.2) is 9.59 Å². The molecule has 2 N–H and O–H groups in total. The highest BCUT2D eigenvalue weighted by Crippen LogP contribution is 2.49. The Morgan fingerprint density at radius 1 is 0.923 bits per heavy atom. The predicted octanol–water partition coefficient (Wildman–Crippen LogP) is 5.58. The summed E-state index contributed by atoms with van der Waals surface area (Å²) in [4.78, 5) is 28.4. The van der Waals surface area contributed by atoms with Crippen LogP contribution < -0.4 is 4.90 Å². The molecule has 3 heterocycles. The molecule has 39 heavy (non-hydrogen) atoms. The van der Waals surface area contributed by atoms with Crippen molar-refractivity contribution in [2.24, 2.45) is 0 Å². The smallest absolute Gasteiger partial charge is 0.416 e. The average Bonchev–Trinajstić information content (AvgIpc) is 2.91. The number of carboxylic acids is 2. The molecule has 1 atom stereocenters. The molecule has 2 fully saturated rings. The quantitative estimate of drug-likeness (QED) is 0.441. The lowest BCUT2D eigenvalue weighted by atomic mass is 9.99. The van der Waals surface area contributed by atoms with Crippen molar-refractivity contribution in [2.75, 3.05) is 44.2 Å². The molecule has 1 unspecified atom stereocenters. The Hall–Kier alpha value is -3.02. The number of aliphatic carboxylic acids is 2. The molecule has 3 aliphatic heterocycles. The van der Waals surface area contributed by atoms with Gasteiger partial charge in [-0.15, -0.1) is 0 Å². The van der Waals surface area contributed by atoms with Crippen LogP contribution in [0.2, 0.25) is 0 Å². The fourth-order valence-electron chi connectivity index (χ4n) is 5.26. The summed E-state index contributed by atoms with van der Waals surface area (Å²) in [6, 6.07) is 12.8. The monoisotopic (exact) mass is 563 g/mol. The molecule has 5 rings (SSSR count). The molecule has 2 aromatic carbocycles. The maximum atomic E-state index is 13.4. The van der Waals surface area contributed by atoms with E-state index in [-0.39, 0.29) is 0 Å². The van der Waals surface area contributed by atoms with E-state index < -0.39 is 23.7 Å². The van der Waals surface area contributed by atoms with Crippen LogP contribution in [0.5, 0.6) is 0 Å². The number of anilines is 2. The highest BCUT2D eigenvalue weighted by atomic mass is 32.2. The Balaban J connectivity index is 0.000000386. The number of para-hydroxylation sites is 1. The third kappa shape index (κ3) is 7.77. The van der Waals surface area contributed by atoms with Crippen molar-refractivity contribution in [1.29, 1.82) is 0 Å². The molecule has 2 aromatic rings. The Labute approximate surface area is 229 Å². The average molecular weight is 564 g/mol. The van der Waals surface area contributed by atoms with E-state index in [1.165, 1.54) is 37.9 Å². The molecule has 11 heteroatoms. The molecule has 2 saturated heterocycles. The van der Waals surface area contributed by atoms with Crippen LogP contribution in [-0.4, -0.2) is 77.3 Å². The number of benzene rings is 2. The minimum absolute atomic E-state index is 0.558. The van der Waals surface area contributed by atoms with Crippen LogP contribution in [0.3, 0.4) is 0 Å². The molecule has 0 saturated carbocycles. The van der Waals surface area contributed by atoms with Gasteiger partial charge in [-0.3, -0.25) is 4.90 Å². The van der Waals surface area contributed by atoms with Crippen molar-refractivity contribution < 1.29 is 33.0 Å². The summed E-state index contributed by atoms with van der Waals surface area (Å²) in [5.74, 6) is -2.51. The first-order valence-corrected chi connectivity index (χ1v) is 13.8. The second kappa shape index (κ2) is 12.9. The Kier molecular flexibility index (Phi) is 9.58. The van der Waals surface area contributed by atoms with Gasteiger partial charge in [-0.05, 0) is 62.7 Å². The highest BCUT2D eigenvalue weighted by Gasteiger charge is 2.33. The number of nitrogens with zero attached hydrogens (tertiary/aromatic N) is 3. The maximum absolute atomic E-state index is 13.4. The lowest BCUT2D eigenvalue weighted by molar-refractivity contribution is -0.137. The molecule has 0 bridgehead atoms. The van der Waals surface area contributed by atoms with Crippen molar-refractivity contribution in [3.05, 3.63) is 60.2 Å². The summed E-state index contributed by atoms with van der Waals surface area (Å²) in [6.45, 7) is 6.31. The normalized spacial score (nSPS) is 19.5. The zero-order valence-corrected chi connectivity index (χ0v) is 22.3. The maximum Gasteiger partial charge on any atom is 0.416 e. The summed E-state index contributed by atoms with van der Waals surface area (Å²) >= 11 is 1.55. The van der Waals surface area contributed by atoms with Gasteiger partial charge in [0.15, 0.2) is 0 Å². The molecule has 0 spiro atoms. The minimum atomic E-state index is -4.33. The molecule has 210 valence electrons. The number of carbonyl (C=O) groups is 2. The summed E-state index contributed by atoms with van der Waals surface area (Å²) in [5.41, 5.74) is 1.11. The van der Waals surface area contributed by atoms with Gasteiger partial charge in [0.05, 0.1) is 16.9 Å². The van der Waals surface area contributed by atoms with Crippen molar-refractivity contribution in [2.45, 2.75) is 47.7 Å². The zero-order chi connectivity index (χ0) is 28.0. The SMILES string of the molecule is FC(F)(F)c1ccc2c(c1)N(CCCN1CCN3CCCCC3C1)c1ccccc1S2.O=C(O)/C=C\C(=O)O. The fraction of sp³-hybridized carbons (Fsp3) is 0.429. The number of hydrogen-bond acceptors (Lipinski definition) is 6. The van der Waals surface area contributed by atoms with E-state index >= 15 is 0 Å². The van der Waals surface area contributed by atoms with Gasteiger partial charge in [0.2, 0.25) is 0 Å². The van der Waals surface area contributed by atoms with Gasteiger partial charge in [0.25, 0.3) is 0 Å². The third-order valence-electron chi connectivity index (χ3n) is 7.10. The van der Waals surface area contributed by atoms with Crippen molar-refractivity contribution in [3.8, 4) is 0 Å². The van der Waals surface area contributed by atoms with Crippen molar-refractivity contribution in [3.63, 3.8) is 0 Å². The third-order valence-corrected chi connectivity index (χ3v) is 8.23. The van der Waals surface area contributed by atoms with Gasteiger partial charge in [-0.2, -0.15) is 13.2 Å². The van der Waals surface area contributed by atoms with Crippen LogP contribution in [0.4, 0.5) is 24.5 Å². The molecule has 0 aliphatic carbocycles. The first-order valence-electron chi connectivity index (χ1n) is 13.0.